The van der Waals surface area contributed by atoms with E-state index in [9.17, 15) is 48.3 Å². The van der Waals surface area contributed by atoms with Crippen LogP contribution in [0.25, 0.3) is 55.8 Å². The normalized spacial score (nSPS) is 23.4. The van der Waals surface area contributed by atoms with Crippen molar-refractivity contribution in [1.29, 1.82) is 10.5 Å². The van der Waals surface area contributed by atoms with E-state index in [2.05, 4.69) is 33.4 Å². The van der Waals surface area contributed by atoms with Crippen molar-refractivity contribution < 1.29 is 112 Å². The first-order valence-electron chi connectivity index (χ1n) is 43.9. The number of ether oxygens (including phenoxy) is 10. The summed E-state index contributed by atoms with van der Waals surface area (Å²) in [5.41, 5.74) is 12.0. The van der Waals surface area contributed by atoms with Crippen molar-refractivity contribution in [3.05, 3.63) is 153 Å². The van der Waals surface area contributed by atoms with Crippen LogP contribution in [0.4, 0.5) is 0 Å². The molecule has 11 heterocycles. The van der Waals surface area contributed by atoms with Crippen LogP contribution in [0.1, 0.15) is 216 Å². The molecule has 33 nitrogen and oxygen atoms in total. The zero-order valence-electron chi connectivity index (χ0n) is 78.8. The van der Waals surface area contributed by atoms with Crippen molar-refractivity contribution in [2.45, 2.75) is 210 Å². The van der Waals surface area contributed by atoms with Gasteiger partial charge in [0.25, 0.3) is 0 Å². The molecule has 132 heavy (non-hydrogen) atoms. The Balaban J connectivity index is 0.00000423. The molecule has 0 aliphatic carbocycles. The number of carbonyl (C=O) groups excluding carboxylic acids is 8. The van der Waals surface area contributed by atoms with Gasteiger partial charge in [0.15, 0.2) is 0 Å². The maximum atomic E-state index is 15.0. The first kappa shape index (κ1) is 105. The number of methoxy groups -OCH3 is 6. The summed E-state index contributed by atoms with van der Waals surface area (Å²) in [6, 6.07) is 6.93. The number of aromatic nitrogens is 7. The van der Waals surface area contributed by atoms with Crippen LogP contribution in [0, 0.1) is 82.8 Å². The molecule has 7 aliphatic rings. The number of aryl methyl sites for hydroxylation is 4. The van der Waals surface area contributed by atoms with Crippen LogP contribution in [0.15, 0.2) is 99.0 Å². The van der Waals surface area contributed by atoms with Gasteiger partial charge in [-0.2, -0.15) is 5.70 Å². The molecule has 4 aromatic rings. The molecule has 4 aromatic heterocycles. The zero-order valence-corrected chi connectivity index (χ0v) is 79.9. The first-order valence-corrected chi connectivity index (χ1v) is 43.9. The minimum absolute atomic E-state index is 0. The zero-order chi connectivity index (χ0) is 96.4. The number of aliphatic carboxylic acids is 1. The van der Waals surface area contributed by atoms with Crippen LogP contribution in [-0.2, 0) is 127 Å². The third-order valence-corrected chi connectivity index (χ3v) is 27.5. The van der Waals surface area contributed by atoms with Gasteiger partial charge >= 0.3 is 70.5 Å². The van der Waals surface area contributed by atoms with Crippen molar-refractivity contribution >= 4 is 121 Å². The largest absolute Gasteiger partial charge is 3.00 e. The van der Waals surface area contributed by atoms with Crippen LogP contribution in [0.3, 0.4) is 0 Å². The minimum atomic E-state index is -1.47. The number of rotatable bonds is 39. The molecule has 708 valence electrons. The number of carbonyl (C=O) groups is 9. The third-order valence-electron chi connectivity index (χ3n) is 27.5. The molecule has 1 fully saturated rings. The molecule has 1 saturated heterocycles. The summed E-state index contributed by atoms with van der Waals surface area (Å²) in [4.78, 5) is 157. The topological polar surface area (TPSA) is 453 Å². The van der Waals surface area contributed by atoms with Crippen LogP contribution in [0.5, 0.6) is 0 Å². The monoisotopic (exact) mass is 1860 g/mol. The summed E-state index contributed by atoms with van der Waals surface area (Å²) >= 11 is 0. The number of esters is 8. The van der Waals surface area contributed by atoms with E-state index in [4.69, 9.17) is 101 Å². The van der Waals surface area contributed by atoms with E-state index in [0.29, 0.717) is 99.5 Å². The predicted octanol–water partition coefficient (Wildman–Crippen LogP) is 15.1. The number of carboxylic acids is 1. The number of aliphatic imine (C=N–C) groups is 3. The first-order chi connectivity index (χ1) is 62.4. The Morgan fingerprint density at radius 2 is 1.11 bits per heavy atom. The van der Waals surface area contributed by atoms with Crippen LogP contribution >= 0.6 is 0 Å². The number of nitrogens with zero attached hydrogens (tertiary/aromatic N) is 11. The maximum absolute atomic E-state index is 15.0. The van der Waals surface area contributed by atoms with E-state index in [1.54, 1.807) is 17.0 Å². The van der Waals surface area contributed by atoms with Crippen molar-refractivity contribution in [2.24, 2.45) is 60.3 Å². The standard InChI is InChI=1S/C96H123N11O20.2CN.Co/c1-21-60-53(3)68-45-69-56(6)63(75(99-69)48-74-62(25-30-78(108)109)55(5)71(100-74)47-73-61(22-2)54(4)70(98-73)46-72(60)97-68)26-31-83(114)127-43-42-125-41-40-124-39-37-107-52-59(105-106-107)24-23-38-126-86(117)50-94(12)64(27-32-79(110)118-15)76-49-77-92(9,10)65(28-33-80(111)119-16)87(102-77)57(7)89-93(11,36-35-82(113)121-18)67(44-84(115)122-19)91(103-89)96(14)95(13,51-85(116)123-20)66(29-34-81(112)120-17)88(104-96)58(8)90(94)101-76;2*1-2;/h21-22,45-49,52,64-67,91H,1-2,23-44,50-51H2,3-20H3,(H4,97,98,99,100,101,102,103,104,105,106,108,109);;;/q;2*-1;+3/p-1/t64-,65-,66-,67+,91?,93-,94+,95+,96+;;;/m1.../s1. The van der Waals surface area contributed by atoms with E-state index >= 15 is 0 Å². The molecule has 9 atom stereocenters. The van der Waals surface area contributed by atoms with Gasteiger partial charge in [-0.25, -0.2) is 14.6 Å². The molecule has 3 N–H and O–H groups in total. The Labute approximate surface area is 781 Å². The van der Waals surface area contributed by atoms with Gasteiger partial charge < -0.3 is 91.4 Å². The Bertz CT molecular complexity index is 5590. The maximum Gasteiger partial charge on any atom is 3.00 e. The summed E-state index contributed by atoms with van der Waals surface area (Å²) in [6.07, 6.45) is 8.28. The molecule has 0 saturated carbocycles. The van der Waals surface area contributed by atoms with Crippen molar-refractivity contribution in [2.75, 3.05) is 82.3 Å². The van der Waals surface area contributed by atoms with Crippen LogP contribution < -0.4 is 0 Å². The molecule has 0 aromatic carbocycles. The number of fused-ring (bicyclic) bond motifs is 14. The number of carboxylic acid groups (broad SMARTS) is 1. The van der Waals surface area contributed by atoms with E-state index in [1.807, 2.05) is 120 Å². The van der Waals surface area contributed by atoms with Gasteiger partial charge in [0.05, 0.1) is 135 Å². The average molecular weight is 1860 g/mol. The number of H-pyrrole nitrogens is 2. The fourth-order valence-electron chi connectivity index (χ4n) is 19.7. The molecular formula is C98H122CoN13O20. The van der Waals surface area contributed by atoms with E-state index < -0.39 is 111 Å². The second-order valence-corrected chi connectivity index (χ2v) is 35.2. The molecule has 1 unspecified atom stereocenters. The molecule has 0 spiro atoms. The molecule has 16 bridgehead atoms. The fraction of sp³-hybridized carbons (Fsp3) is 0.531. The van der Waals surface area contributed by atoms with Crippen LogP contribution in [-0.4, -0.2) is 205 Å². The van der Waals surface area contributed by atoms with E-state index in [0.717, 1.165) is 66.8 Å². The number of allylic oxidation sites excluding steroid dienone is 11. The van der Waals surface area contributed by atoms with Crippen molar-refractivity contribution in [3.63, 3.8) is 0 Å². The van der Waals surface area contributed by atoms with Gasteiger partial charge in [0, 0.05) is 141 Å². The second kappa shape index (κ2) is 45.8. The predicted molar refractivity (Wildman–Crippen MR) is 489 cm³/mol. The molecule has 7 aliphatic heterocycles. The summed E-state index contributed by atoms with van der Waals surface area (Å²) in [5.74, 6) is -7.77. The number of hydrogen-bond acceptors (Lipinski definition) is 28. The van der Waals surface area contributed by atoms with Gasteiger partial charge in [-0.3, -0.25) is 58.1 Å². The quantitative estimate of drug-likeness (QED) is 0.0162. The Morgan fingerprint density at radius 1 is 0.553 bits per heavy atom. The Morgan fingerprint density at radius 3 is 1.74 bits per heavy atom. The van der Waals surface area contributed by atoms with Crippen LogP contribution in [0.2, 0.25) is 0 Å². The van der Waals surface area contributed by atoms with E-state index in [1.165, 1.54) is 42.7 Å². The molecule has 34 heteroatoms. The Kier molecular flexibility index (Phi) is 36.5. The molecular weight excluding hydrogens is 1740 g/mol. The van der Waals surface area contributed by atoms with Crippen molar-refractivity contribution in [1.82, 2.24) is 34.9 Å². The summed E-state index contributed by atoms with van der Waals surface area (Å²) in [5, 5.41) is 36.8. The second-order valence-electron chi connectivity index (χ2n) is 35.2. The van der Waals surface area contributed by atoms with Gasteiger partial charge in [-0.05, 0) is 186 Å². The number of nitrogens with one attached hydrogen (secondary N) is 2. The summed E-state index contributed by atoms with van der Waals surface area (Å²) < 4.78 is 57.2. The fourth-order valence-corrected chi connectivity index (χ4v) is 19.7. The van der Waals surface area contributed by atoms with Gasteiger partial charge in [-0.15, -0.1) is 5.10 Å². The molecule has 0 amide bonds. The molecule has 0 radical (unpaired) electrons. The van der Waals surface area contributed by atoms with E-state index in [-0.39, 0.29) is 146 Å². The van der Waals surface area contributed by atoms with Crippen molar-refractivity contribution in [3.8, 4) is 0 Å². The smallest absolute Gasteiger partial charge is 0.682 e. The summed E-state index contributed by atoms with van der Waals surface area (Å²) in [6.45, 7) is 42.5. The minimum Gasteiger partial charge on any atom is -0.682 e. The molecule has 11 rings (SSSR count). The van der Waals surface area contributed by atoms with Gasteiger partial charge in [-0.1, -0.05) is 71.2 Å². The van der Waals surface area contributed by atoms with Gasteiger partial charge in [0.2, 0.25) is 0 Å². The summed E-state index contributed by atoms with van der Waals surface area (Å²) in [7, 11) is 7.82. The SMILES string of the molecule is C=CC1=C(C)c2cc3[nH]c(cc4nc(cc5[nH]c(cc1n2)c(C)c5CCC(=O)O)C(CCC(=O)OCCOCCOCCn1cc(CCCOC(=O)C[C@]2(C)/C5=C(\C)C6=N[C@@](C)(C7[N-]/C(=C(/C)C8=N/C(=C\C(=N5)[C@H]2CCC(=O)OC)C(C)(C)[C@@H]8CCC(=O)OC)[C@](C)(CCC(=O)OC)[C@H]7CC(=O)OC)[C@@](C)(CC(=O)OC)[C@@H]6CCC(=O)OC)nn1)=C4C)c(C)c3C=C.[C-]#N.[C-]#N.[Co+3]. The average Bonchev–Trinajstić information content (AvgIpc) is 1.52. The number of hydrogen-bond donors (Lipinski definition) is 3. The third kappa shape index (κ3) is 22.6. The van der Waals surface area contributed by atoms with Gasteiger partial charge in [0.1, 0.15) is 6.61 Å². The Hall–Kier alpha value is -12.1. The number of aromatic amines is 2.